The number of fused-ring (bicyclic) bond motifs is 12. The Hall–Kier alpha value is -12.3. The Morgan fingerprint density at radius 3 is 1.20 bits per heavy atom. The Morgan fingerprint density at radius 2 is 0.633 bits per heavy atom. The van der Waals surface area contributed by atoms with E-state index in [4.69, 9.17) is 27.6 Å². The van der Waals surface area contributed by atoms with Crippen molar-refractivity contribution in [2.75, 3.05) is 9.80 Å². The molecule has 4 heterocycles. The summed E-state index contributed by atoms with van der Waals surface area (Å²) in [4.78, 5) is 15.1. The van der Waals surface area contributed by atoms with E-state index in [1.807, 2.05) is 84.9 Å². The van der Waals surface area contributed by atoms with Crippen LogP contribution in [-0.2, 0) is 0 Å². The molecule has 14 aromatic carbocycles. The van der Waals surface area contributed by atoms with Gasteiger partial charge >= 0.3 is 0 Å². The molecule has 8 heteroatoms. The van der Waals surface area contributed by atoms with Gasteiger partial charge in [-0.2, -0.15) is 0 Å². The third kappa shape index (κ3) is 8.45. The maximum Gasteiger partial charge on any atom is 0.227 e. The molecule has 18 aromatic rings. The van der Waals surface area contributed by atoms with Gasteiger partial charge in [-0.3, -0.25) is 0 Å². The molecule has 0 N–H and O–H groups in total. The second kappa shape index (κ2) is 20.7. The number of para-hydroxylation sites is 4. The minimum atomic E-state index is 0.561. The summed E-state index contributed by atoms with van der Waals surface area (Å²) >= 11 is 0. The number of oxazole rings is 2. The molecule has 0 spiro atoms. The highest BCUT2D eigenvalue weighted by atomic mass is 16.4. The van der Waals surface area contributed by atoms with Crippen molar-refractivity contribution < 1.29 is 17.7 Å². The summed E-state index contributed by atoms with van der Waals surface area (Å²) in [6.45, 7) is 0. The Bertz CT molecular complexity index is 5790. The first-order valence-electron chi connectivity index (χ1n) is 30.2. The summed E-state index contributed by atoms with van der Waals surface area (Å²) in [7, 11) is 0. The predicted molar refractivity (Wildman–Crippen MR) is 368 cm³/mol. The third-order valence-electron chi connectivity index (χ3n) is 17.5. The second-order valence-electron chi connectivity index (χ2n) is 22.8. The van der Waals surface area contributed by atoms with E-state index in [1.54, 1.807) is 0 Å². The molecule has 0 saturated carbocycles. The zero-order valence-corrected chi connectivity index (χ0v) is 48.3. The highest BCUT2D eigenvalue weighted by Crippen LogP contribution is 2.48. The highest BCUT2D eigenvalue weighted by Gasteiger charge is 2.26. The zero-order chi connectivity index (χ0) is 59.2. The van der Waals surface area contributed by atoms with Gasteiger partial charge in [-0.1, -0.05) is 200 Å². The van der Waals surface area contributed by atoms with Crippen LogP contribution >= 0.6 is 0 Å². The minimum absolute atomic E-state index is 0.561. The van der Waals surface area contributed by atoms with E-state index in [0.29, 0.717) is 11.8 Å². The van der Waals surface area contributed by atoms with Crippen molar-refractivity contribution in [1.29, 1.82) is 0 Å². The summed E-state index contributed by atoms with van der Waals surface area (Å²) < 4.78 is 26.9. The third-order valence-corrected chi connectivity index (χ3v) is 17.5. The molecule has 422 valence electrons. The van der Waals surface area contributed by atoms with Crippen molar-refractivity contribution in [1.82, 2.24) is 9.97 Å². The average Bonchev–Trinajstić information content (AvgIpc) is 2.38. The lowest BCUT2D eigenvalue weighted by Gasteiger charge is -2.27. The zero-order valence-electron chi connectivity index (χ0n) is 48.3. The molecule has 0 bridgehead atoms. The van der Waals surface area contributed by atoms with Crippen molar-refractivity contribution in [2.24, 2.45) is 0 Å². The minimum Gasteiger partial charge on any atom is -0.455 e. The smallest absolute Gasteiger partial charge is 0.227 e. The molecular formula is C82H50N4O4. The Balaban J connectivity index is 0.733. The van der Waals surface area contributed by atoms with Gasteiger partial charge in [-0.25, -0.2) is 9.97 Å². The van der Waals surface area contributed by atoms with Gasteiger partial charge in [0, 0.05) is 77.3 Å². The lowest BCUT2D eigenvalue weighted by molar-refractivity contribution is 0.622. The fourth-order valence-corrected chi connectivity index (χ4v) is 13.2. The standard InChI is InChI=1S/C82H50N4O4/c1-4-19-53(20-5-1)81-83-75-71(49-57-23-10-12-29-65(57)79(75)89-81)85(59-26-8-3-9-27-59)60-42-37-52(38-43-60)64-33-18-35-69-70-48-56(41-46-74(70)88-78(64)69)55-25-16-28-62(47-55)86(61-44-39-51(40-45-61)63-32-17-34-68-67-31-14-15-36-73(67)87-77(63)68)72-50-58-24-11-13-30-66(58)80-76(72)84-82(90-80)54-21-6-2-7-22-54/h1-50H. The van der Waals surface area contributed by atoms with Gasteiger partial charge < -0.3 is 27.5 Å². The molecule has 0 unspecified atom stereocenters. The van der Waals surface area contributed by atoms with Gasteiger partial charge in [-0.05, 0) is 136 Å². The van der Waals surface area contributed by atoms with E-state index in [0.717, 1.165) is 166 Å². The lowest BCUT2D eigenvalue weighted by Crippen LogP contribution is -2.11. The number of hydrogen-bond donors (Lipinski definition) is 0. The van der Waals surface area contributed by atoms with Gasteiger partial charge in [-0.15, -0.1) is 0 Å². The molecule has 0 fully saturated rings. The highest BCUT2D eigenvalue weighted by molar-refractivity contribution is 6.15. The Kier molecular flexibility index (Phi) is 11.7. The van der Waals surface area contributed by atoms with Crippen molar-refractivity contribution in [2.45, 2.75) is 0 Å². The van der Waals surface area contributed by atoms with Gasteiger partial charge in [0.25, 0.3) is 0 Å². The van der Waals surface area contributed by atoms with Crippen LogP contribution in [0.5, 0.6) is 0 Å². The van der Waals surface area contributed by atoms with E-state index in [2.05, 4.69) is 228 Å². The van der Waals surface area contributed by atoms with Gasteiger partial charge in [0.15, 0.2) is 11.2 Å². The van der Waals surface area contributed by atoms with Crippen LogP contribution in [0.25, 0.3) is 144 Å². The Morgan fingerprint density at radius 1 is 0.233 bits per heavy atom. The van der Waals surface area contributed by atoms with E-state index >= 15 is 0 Å². The van der Waals surface area contributed by atoms with Gasteiger partial charge in [0.2, 0.25) is 11.8 Å². The molecule has 0 aliphatic heterocycles. The van der Waals surface area contributed by atoms with Gasteiger partial charge in [0.1, 0.15) is 33.4 Å². The Labute approximate surface area is 516 Å². The van der Waals surface area contributed by atoms with E-state index in [1.165, 1.54) is 0 Å². The van der Waals surface area contributed by atoms with Crippen LogP contribution in [-0.4, -0.2) is 9.97 Å². The number of nitrogens with zero attached hydrogens (tertiary/aromatic N) is 4. The largest absolute Gasteiger partial charge is 0.455 e. The molecule has 0 aliphatic carbocycles. The van der Waals surface area contributed by atoms with Crippen LogP contribution in [0.4, 0.5) is 34.1 Å². The fraction of sp³-hybridized carbons (Fsp3) is 0. The van der Waals surface area contributed by atoms with Crippen LogP contribution < -0.4 is 9.80 Å². The average molecular weight is 1160 g/mol. The molecule has 90 heavy (non-hydrogen) atoms. The molecule has 4 aromatic heterocycles. The lowest BCUT2D eigenvalue weighted by atomic mass is 9.99. The van der Waals surface area contributed by atoms with E-state index in [-0.39, 0.29) is 0 Å². The molecule has 18 rings (SSSR count). The molecule has 0 atom stereocenters. The summed E-state index contributed by atoms with van der Waals surface area (Å²) in [5.74, 6) is 1.14. The van der Waals surface area contributed by atoms with Crippen LogP contribution in [0.2, 0.25) is 0 Å². The monoisotopic (exact) mass is 1150 g/mol. The molecule has 0 radical (unpaired) electrons. The molecular weight excluding hydrogens is 1100 g/mol. The van der Waals surface area contributed by atoms with Gasteiger partial charge in [0.05, 0.1) is 11.4 Å². The molecule has 0 amide bonds. The molecule has 8 nitrogen and oxygen atoms in total. The van der Waals surface area contributed by atoms with Crippen molar-refractivity contribution in [3.8, 4) is 56.3 Å². The van der Waals surface area contributed by atoms with Crippen LogP contribution in [0.15, 0.2) is 321 Å². The number of benzene rings is 14. The maximum absolute atomic E-state index is 6.88. The number of anilines is 6. The first-order valence-corrected chi connectivity index (χ1v) is 30.2. The molecule has 0 aliphatic rings. The number of furan rings is 2. The quantitative estimate of drug-likeness (QED) is 0.127. The summed E-state index contributed by atoms with van der Waals surface area (Å²) in [6.07, 6.45) is 0. The first-order chi connectivity index (χ1) is 44.6. The predicted octanol–water partition coefficient (Wildman–Crippen LogP) is 23.3. The second-order valence-corrected chi connectivity index (χ2v) is 22.8. The van der Waals surface area contributed by atoms with Crippen molar-refractivity contribution in [3.63, 3.8) is 0 Å². The number of rotatable bonds is 11. The fourth-order valence-electron chi connectivity index (χ4n) is 13.2. The van der Waals surface area contributed by atoms with Crippen LogP contribution in [0, 0.1) is 0 Å². The normalized spacial score (nSPS) is 11.8. The van der Waals surface area contributed by atoms with E-state index < -0.39 is 0 Å². The summed E-state index contributed by atoms with van der Waals surface area (Å²) in [5, 5.41) is 8.37. The summed E-state index contributed by atoms with van der Waals surface area (Å²) in [5.41, 5.74) is 20.1. The van der Waals surface area contributed by atoms with E-state index in [9.17, 15) is 0 Å². The SMILES string of the molecule is c1ccc(-c2nc3c(N(c4ccccc4)c4ccc(-c5cccc6c5oc5ccc(-c7cccc(N(c8ccc(-c9cccc%10c9oc9ccccc9%10)cc8)c8cc9ccccc9c9oc(-c%10ccccc%10)nc89)c7)cc56)cc4)cc4ccccc4c3o2)cc1. The van der Waals surface area contributed by atoms with Crippen LogP contribution in [0.3, 0.4) is 0 Å². The van der Waals surface area contributed by atoms with Crippen molar-refractivity contribution in [3.05, 3.63) is 303 Å². The summed E-state index contributed by atoms with van der Waals surface area (Å²) in [6, 6.07) is 106. The van der Waals surface area contributed by atoms with Crippen molar-refractivity contribution >= 4 is 122 Å². The first kappa shape index (κ1) is 51.0. The number of hydrogen-bond acceptors (Lipinski definition) is 8. The van der Waals surface area contributed by atoms with Crippen LogP contribution in [0.1, 0.15) is 0 Å². The maximum atomic E-state index is 6.88. The number of aromatic nitrogens is 2. The topological polar surface area (TPSA) is 84.8 Å². The molecule has 0 saturated heterocycles.